The topological polar surface area (TPSA) is 59.0 Å². The van der Waals surface area contributed by atoms with Crippen molar-refractivity contribution in [3.63, 3.8) is 0 Å². The fourth-order valence-corrected chi connectivity index (χ4v) is 3.83. The monoisotopic (exact) mass is 351 g/mol. The lowest BCUT2D eigenvalue weighted by Gasteiger charge is -2.51. The highest BCUT2D eigenvalue weighted by Crippen LogP contribution is 2.37. The van der Waals surface area contributed by atoms with Crippen LogP contribution < -0.4 is 0 Å². The number of piperidine rings is 1. The first-order valence-corrected chi connectivity index (χ1v) is 8.72. The third kappa shape index (κ3) is 4.12. The molecule has 2 aliphatic heterocycles. The first kappa shape index (κ1) is 18.1. The highest BCUT2D eigenvalue weighted by Gasteiger charge is 2.49. The largest absolute Gasteiger partial charge is 0.444 e. The van der Waals surface area contributed by atoms with Crippen molar-refractivity contribution in [2.75, 3.05) is 13.2 Å². The molecule has 1 N–H and O–H groups in total. The van der Waals surface area contributed by atoms with Crippen molar-refractivity contribution < 1.29 is 23.8 Å². The van der Waals surface area contributed by atoms with Crippen molar-refractivity contribution in [3.05, 3.63) is 35.6 Å². The van der Waals surface area contributed by atoms with E-state index in [0.29, 0.717) is 31.6 Å². The third-order valence-corrected chi connectivity index (χ3v) is 4.72. The number of ether oxygens (including phenoxy) is 2. The van der Waals surface area contributed by atoms with Gasteiger partial charge in [0.2, 0.25) is 0 Å². The maximum Gasteiger partial charge on any atom is 0.410 e. The van der Waals surface area contributed by atoms with Crippen molar-refractivity contribution in [3.8, 4) is 0 Å². The van der Waals surface area contributed by atoms with E-state index in [1.807, 2.05) is 20.8 Å². The maximum atomic E-state index is 14.0. The number of hydrogen-bond donors (Lipinski definition) is 1. The maximum absolute atomic E-state index is 14.0. The van der Waals surface area contributed by atoms with Crippen LogP contribution in [-0.2, 0) is 15.9 Å². The number of halogens is 1. The minimum Gasteiger partial charge on any atom is -0.444 e. The van der Waals surface area contributed by atoms with E-state index < -0.39 is 11.2 Å². The molecule has 1 aromatic rings. The molecule has 2 aliphatic rings. The second-order valence-corrected chi connectivity index (χ2v) is 8.13. The molecule has 1 amide bonds. The number of benzene rings is 1. The minimum absolute atomic E-state index is 0.231. The highest BCUT2D eigenvalue weighted by atomic mass is 19.1. The molecule has 1 aromatic carbocycles. The Balaban J connectivity index is 1.76. The number of rotatable bonds is 2. The van der Waals surface area contributed by atoms with Gasteiger partial charge in [-0.15, -0.1) is 0 Å². The SMILES string of the molecule is CC(C)(C)OC(=O)N1C2COCC1CC(O)(Cc1ccccc1F)C2. The van der Waals surface area contributed by atoms with Gasteiger partial charge in [-0.2, -0.15) is 0 Å². The van der Waals surface area contributed by atoms with Crippen LogP contribution >= 0.6 is 0 Å². The molecule has 2 fully saturated rings. The number of carbonyl (C=O) groups excluding carboxylic acids is 1. The zero-order chi connectivity index (χ0) is 18.2. The summed E-state index contributed by atoms with van der Waals surface area (Å²) >= 11 is 0. The number of amides is 1. The molecule has 0 aromatic heterocycles. The summed E-state index contributed by atoms with van der Waals surface area (Å²) in [5.41, 5.74) is -1.14. The summed E-state index contributed by atoms with van der Waals surface area (Å²) in [5, 5.41) is 11.1. The number of aliphatic hydroxyl groups is 1. The van der Waals surface area contributed by atoms with Crippen LogP contribution in [0.15, 0.2) is 24.3 Å². The predicted molar refractivity (Wildman–Crippen MR) is 90.8 cm³/mol. The molecule has 2 saturated heterocycles. The molecule has 3 rings (SSSR count). The van der Waals surface area contributed by atoms with Gasteiger partial charge in [0.1, 0.15) is 11.4 Å². The molecule has 25 heavy (non-hydrogen) atoms. The van der Waals surface area contributed by atoms with Gasteiger partial charge in [0.25, 0.3) is 0 Å². The van der Waals surface area contributed by atoms with Gasteiger partial charge < -0.3 is 14.6 Å². The number of hydrogen-bond acceptors (Lipinski definition) is 4. The highest BCUT2D eigenvalue weighted by molar-refractivity contribution is 5.69. The Morgan fingerprint density at radius 2 is 1.92 bits per heavy atom. The number of morpholine rings is 1. The zero-order valence-corrected chi connectivity index (χ0v) is 15.0. The van der Waals surface area contributed by atoms with E-state index in [2.05, 4.69) is 0 Å². The van der Waals surface area contributed by atoms with Gasteiger partial charge in [0.05, 0.1) is 30.9 Å². The van der Waals surface area contributed by atoms with Crippen LogP contribution in [0.3, 0.4) is 0 Å². The van der Waals surface area contributed by atoms with Crippen molar-refractivity contribution in [2.24, 2.45) is 0 Å². The number of nitrogens with zero attached hydrogens (tertiary/aromatic N) is 1. The Morgan fingerprint density at radius 1 is 1.32 bits per heavy atom. The van der Waals surface area contributed by atoms with Gasteiger partial charge in [-0.05, 0) is 45.2 Å². The lowest BCUT2D eigenvalue weighted by molar-refractivity contribution is -0.137. The Labute approximate surface area is 147 Å². The molecule has 2 bridgehead atoms. The van der Waals surface area contributed by atoms with Crippen LogP contribution in [0.1, 0.15) is 39.2 Å². The van der Waals surface area contributed by atoms with Crippen LogP contribution in [0, 0.1) is 5.82 Å². The zero-order valence-electron chi connectivity index (χ0n) is 15.0. The Hall–Kier alpha value is -1.66. The minimum atomic E-state index is -1.06. The molecule has 2 heterocycles. The van der Waals surface area contributed by atoms with Gasteiger partial charge in [-0.1, -0.05) is 18.2 Å². The smallest absolute Gasteiger partial charge is 0.410 e. The van der Waals surface area contributed by atoms with E-state index in [1.54, 1.807) is 23.1 Å². The number of carbonyl (C=O) groups is 1. The first-order chi connectivity index (χ1) is 11.7. The number of fused-ring (bicyclic) bond motifs is 2. The lowest BCUT2D eigenvalue weighted by Crippen LogP contribution is -2.64. The molecule has 5 nitrogen and oxygen atoms in total. The lowest BCUT2D eigenvalue weighted by atomic mass is 9.77. The van der Waals surface area contributed by atoms with Crippen LogP contribution in [-0.4, -0.2) is 52.6 Å². The Bertz CT molecular complexity index is 629. The van der Waals surface area contributed by atoms with E-state index >= 15 is 0 Å². The first-order valence-electron chi connectivity index (χ1n) is 8.72. The van der Waals surface area contributed by atoms with Crippen molar-refractivity contribution in [1.82, 2.24) is 4.90 Å². The van der Waals surface area contributed by atoms with Gasteiger partial charge in [-0.3, -0.25) is 4.90 Å². The molecule has 0 aliphatic carbocycles. The quantitative estimate of drug-likeness (QED) is 0.890. The van der Waals surface area contributed by atoms with Crippen LogP contribution in [0.2, 0.25) is 0 Å². The normalized spacial score (nSPS) is 29.4. The summed E-state index contributed by atoms with van der Waals surface area (Å²) in [7, 11) is 0. The van der Waals surface area contributed by atoms with Crippen molar-refractivity contribution in [2.45, 2.75) is 63.3 Å². The summed E-state index contributed by atoms with van der Waals surface area (Å²) in [4.78, 5) is 14.3. The van der Waals surface area contributed by atoms with E-state index in [1.165, 1.54) is 6.07 Å². The second-order valence-electron chi connectivity index (χ2n) is 8.13. The molecular formula is C19H26FNO4. The van der Waals surface area contributed by atoms with Crippen molar-refractivity contribution in [1.29, 1.82) is 0 Å². The van der Waals surface area contributed by atoms with E-state index in [0.717, 1.165) is 0 Å². The van der Waals surface area contributed by atoms with Gasteiger partial charge >= 0.3 is 6.09 Å². The van der Waals surface area contributed by atoms with E-state index in [9.17, 15) is 14.3 Å². The van der Waals surface area contributed by atoms with E-state index in [-0.39, 0.29) is 30.4 Å². The summed E-state index contributed by atoms with van der Waals surface area (Å²) < 4.78 is 25.1. The fourth-order valence-electron chi connectivity index (χ4n) is 3.83. The average molecular weight is 351 g/mol. The predicted octanol–water partition coefficient (Wildman–Crippen LogP) is 2.90. The van der Waals surface area contributed by atoms with Gasteiger partial charge in [-0.25, -0.2) is 9.18 Å². The molecule has 6 heteroatoms. The summed E-state index contributed by atoms with van der Waals surface area (Å²) in [6, 6.07) is 5.97. The van der Waals surface area contributed by atoms with Crippen molar-refractivity contribution >= 4 is 6.09 Å². The molecular weight excluding hydrogens is 325 g/mol. The summed E-state index contributed by atoms with van der Waals surface area (Å²) in [5.74, 6) is -0.313. The van der Waals surface area contributed by atoms with E-state index in [4.69, 9.17) is 9.47 Å². The Kier molecular flexibility index (Phi) is 4.77. The average Bonchev–Trinajstić information content (AvgIpc) is 2.46. The molecule has 2 unspecified atom stereocenters. The van der Waals surface area contributed by atoms with Gasteiger partial charge in [0, 0.05) is 6.42 Å². The van der Waals surface area contributed by atoms with Crippen LogP contribution in [0.25, 0.3) is 0 Å². The standard InChI is InChI=1S/C19H26FNO4/c1-18(2,3)25-17(22)21-14-9-19(23,10-15(21)12-24-11-14)8-13-6-4-5-7-16(13)20/h4-7,14-15,23H,8-12H2,1-3H3. The molecule has 2 atom stereocenters. The van der Waals surface area contributed by atoms with Gasteiger partial charge in [0.15, 0.2) is 0 Å². The summed E-state index contributed by atoms with van der Waals surface area (Å²) in [6.45, 7) is 6.20. The molecule has 0 spiro atoms. The van der Waals surface area contributed by atoms with Crippen LogP contribution in [0.5, 0.6) is 0 Å². The molecule has 0 saturated carbocycles. The third-order valence-electron chi connectivity index (χ3n) is 4.72. The molecule has 138 valence electrons. The summed E-state index contributed by atoms with van der Waals surface area (Å²) in [6.07, 6.45) is 0.543. The Morgan fingerprint density at radius 3 is 2.48 bits per heavy atom. The molecule has 0 radical (unpaired) electrons. The van der Waals surface area contributed by atoms with Crippen LogP contribution in [0.4, 0.5) is 9.18 Å². The fraction of sp³-hybridized carbons (Fsp3) is 0.632. The second kappa shape index (κ2) is 6.57.